The molecule has 0 atom stereocenters. The van der Waals surface area contributed by atoms with Gasteiger partial charge in [-0.25, -0.2) is 0 Å². The van der Waals surface area contributed by atoms with Crippen LogP contribution in [0.5, 0.6) is 11.5 Å². The molecule has 8 heteroatoms. The molecule has 35 heavy (non-hydrogen) atoms. The quantitative estimate of drug-likeness (QED) is 0.122. The standard InChI is InChI=1S/C27H18Cl4NO2P/c1-13-4-7-16-19(10-13)35(33-26-24(30)22(28)23(29)25(31)27(26)34-35)20-11-14(2)5-8-17(20)32(16)18-9-6-15(3)12-21(18)35/h4-12H,1-3H3. The topological polar surface area (TPSA) is 21.7 Å². The van der Waals surface area contributed by atoms with Gasteiger partial charge in [0.2, 0.25) is 0 Å². The Balaban J connectivity index is 1.74. The van der Waals surface area contributed by atoms with Crippen LogP contribution in [0.4, 0.5) is 17.1 Å². The molecule has 1 spiro atoms. The number of hydrogen-bond acceptors (Lipinski definition) is 3. The fourth-order valence-electron chi connectivity index (χ4n) is 5.64. The third-order valence-corrected chi connectivity index (χ3v) is 13.7. The SMILES string of the molecule is Cc1ccc2c(c1)P13(Oc4c(Cl)c(Cl)c(Cl)c(Cl)c4O1)c1cc(C)ccc1N2c1ccc(C)cc13. The average Bonchev–Trinajstić information content (AvgIpc) is 3.21. The summed E-state index contributed by atoms with van der Waals surface area (Å²) >= 11 is 26.5. The Morgan fingerprint density at radius 1 is 0.543 bits per heavy atom. The zero-order chi connectivity index (χ0) is 24.5. The summed E-state index contributed by atoms with van der Waals surface area (Å²) in [6, 6.07) is 19.2. The van der Waals surface area contributed by atoms with E-state index in [9.17, 15) is 0 Å². The number of halogens is 4. The van der Waals surface area contributed by atoms with Gasteiger partial charge in [0.15, 0.2) is 0 Å². The zero-order valence-corrected chi connectivity index (χ0v) is 22.8. The summed E-state index contributed by atoms with van der Waals surface area (Å²) < 4.78 is 14.4. The van der Waals surface area contributed by atoms with Crippen LogP contribution in [0.2, 0.25) is 20.1 Å². The van der Waals surface area contributed by atoms with Gasteiger partial charge in [-0.1, -0.05) is 0 Å². The molecule has 0 amide bonds. The van der Waals surface area contributed by atoms with Crippen LogP contribution < -0.4 is 29.9 Å². The van der Waals surface area contributed by atoms with Gasteiger partial charge in [0.25, 0.3) is 0 Å². The second kappa shape index (κ2) is 6.79. The van der Waals surface area contributed by atoms with Gasteiger partial charge in [-0.3, -0.25) is 0 Å². The molecule has 4 aromatic carbocycles. The fourth-order valence-corrected chi connectivity index (χ4v) is 12.2. The molecule has 4 heterocycles. The molecule has 4 aliphatic heterocycles. The van der Waals surface area contributed by atoms with Crippen molar-refractivity contribution < 1.29 is 9.05 Å². The predicted octanol–water partition coefficient (Wildman–Crippen LogP) is 8.45. The summed E-state index contributed by atoms with van der Waals surface area (Å²) in [5, 5.41) is 3.60. The van der Waals surface area contributed by atoms with Crippen molar-refractivity contribution in [3.05, 3.63) is 91.4 Å². The molecule has 0 radical (unpaired) electrons. The Hall–Kier alpha value is -2.13. The van der Waals surface area contributed by atoms with E-state index in [0.29, 0.717) is 11.5 Å². The Morgan fingerprint density at radius 2 is 0.886 bits per heavy atom. The van der Waals surface area contributed by atoms with Crippen molar-refractivity contribution in [2.24, 2.45) is 0 Å². The maximum absolute atomic E-state index is 7.22. The van der Waals surface area contributed by atoms with E-state index in [0.717, 1.165) is 49.7 Å². The summed E-state index contributed by atoms with van der Waals surface area (Å²) in [6.45, 7) is 6.21. The molecule has 3 nitrogen and oxygen atoms in total. The molecule has 4 aromatic rings. The molecule has 2 bridgehead atoms. The van der Waals surface area contributed by atoms with Crippen LogP contribution in [-0.2, 0) is 0 Å². The Kier molecular flexibility index (Phi) is 4.29. The van der Waals surface area contributed by atoms with E-state index >= 15 is 0 Å². The van der Waals surface area contributed by atoms with Crippen molar-refractivity contribution >= 4 is 86.4 Å². The number of rotatable bonds is 0. The molecule has 0 saturated heterocycles. The molecule has 0 saturated carbocycles. The van der Waals surface area contributed by atoms with E-state index in [1.165, 1.54) is 0 Å². The van der Waals surface area contributed by atoms with E-state index in [2.05, 4.69) is 80.3 Å². The summed E-state index contributed by atoms with van der Waals surface area (Å²) in [5.41, 5.74) is 6.32. The van der Waals surface area contributed by atoms with Gasteiger partial charge in [0.1, 0.15) is 0 Å². The second-order valence-corrected chi connectivity index (χ2v) is 14.6. The first-order valence-electron chi connectivity index (χ1n) is 11.1. The van der Waals surface area contributed by atoms with Gasteiger partial charge in [-0.05, 0) is 0 Å². The van der Waals surface area contributed by atoms with Crippen molar-refractivity contribution in [1.82, 2.24) is 0 Å². The molecule has 0 fully saturated rings. The van der Waals surface area contributed by atoms with Crippen LogP contribution in [0, 0.1) is 20.8 Å². The molecule has 0 aromatic heterocycles. The molecule has 176 valence electrons. The van der Waals surface area contributed by atoms with Crippen molar-refractivity contribution in [2.45, 2.75) is 20.8 Å². The number of fused-ring (bicyclic) bond motifs is 1. The Bertz CT molecular complexity index is 1490. The molecule has 8 rings (SSSR count). The normalized spacial score (nSPS) is 18.0. The van der Waals surface area contributed by atoms with Gasteiger partial charge in [0, 0.05) is 0 Å². The average molecular weight is 561 g/mol. The number of anilines is 3. The van der Waals surface area contributed by atoms with Crippen LogP contribution in [0.15, 0.2) is 54.6 Å². The fraction of sp³-hybridized carbons (Fsp3) is 0.111. The molecular formula is C27H18Cl4NO2P. The first-order chi connectivity index (χ1) is 16.7. The number of benzene rings is 4. The maximum atomic E-state index is 7.22. The summed E-state index contributed by atoms with van der Waals surface area (Å²) in [7, 11) is -4.11. The first kappa shape index (κ1) is 22.1. The summed E-state index contributed by atoms with van der Waals surface area (Å²) in [5.74, 6) is 0.651. The van der Waals surface area contributed by atoms with Crippen molar-refractivity contribution in [3.63, 3.8) is 0 Å². The Labute approximate surface area is 223 Å². The second-order valence-electron chi connectivity index (χ2n) is 9.37. The van der Waals surface area contributed by atoms with Crippen molar-refractivity contribution in [1.29, 1.82) is 0 Å². The van der Waals surface area contributed by atoms with Crippen molar-refractivity contribution in [3.8, 4) is 11.5 Å². The monoisotopic (exact) mass is 559 g/mol. The third-order valence-electron chi connectivity index (χ3n) is 7.14. The van der Waals surface area contributed by atoms with Gasteiger partial charge in [0.05, 0.1) is 0 Å². The molecular weight excluding hydrogens is 543 g/mol. The molecule has 0 unspecified atom stereocenters. The van der Waals surface area contributed by atoms with Crippen molar-refractivity contribution in [2.75, 3.05) is 4.90 Å². The number of hydrogen-bond donors (Lipinski definition) is 0. The van der Waals surface area contributed by atoms with Gasteiger partial charge < -0.3 is 0 Å². The van der Waals surface area contributed by atoms with Gasteiger partial charge >= 0.3 is 224 Å². The van der Waals surface area contributed by atoms with Crippen LogP contribution in [-0.4, -0.2) is 0 Å². The molecule has 0 aliphatic carbocycles. The zero-order valence-electron chi connectivity index (χ0n) is 18.9. The van der Waals surface area contributed by atoms with Gasteiger partial charge in [-0.15, -0.1) is 0 Å². The summed E-state index contributed by atoms with van der Waals surface area (Å²) in [4.78, 5) is 2.29. The van der Waals surface area contributed by atoms with Crippen LogP contribution in [0.25, 0.3) is 0 Å². The van der Waals surface area contributed by atoms with E-state index in [1.54, 1.807) is 0 Å². The van der Waals surface area contributed by atoms with Crippen LogP contribution in [0.3, 0.4) is 0 Å². The number of aryl methyl sites for hydroxylation is 3. The van der Waals surface area contributed by atoms with Crippen LogP contribution >= 0.6 is 53.5 Å². The summed E-state index contributed by atoms with van der Waals surface area (Å²) in [6.07, 6.45) is 0. The predicted molar refractivity (Wildman–Crippen MR) is 149 cm³/mol. The van der Waals surface area contributed by atoms with Crippen LogP contribution in [0.1, 0.15) is 16.7 Å². The van der Waals surface area contributed by atoms with E-state index < -0.39 is 7.06 Å². The molecule has 0 N–H and O–H groups in total. The minimum absolute atomic E-state index is 0.147. The molecule has 4 aliphatic rings. The van der Waals surface area contributed by atoms with Gasteiger partial charge in [-0.2, -0.15) is 0 Å². The third kappa shape index (κ3) is 2.40. The number of nitrogens with zero attached hydrogens (tertiary/aromatic N) is 1. The minimum atomic E-state index is -4.11. The van der Waals surface area contributed by atoms with E-state index in [1.807, 2.05) is 0 Å². The van der Waals surface area contributed by atoms with E-state index in [4.69, 9.17) is 55.5 Å². The Morgan fingerprint density at radius 3 is 1.23 bits per heavy atom. The van der Waals surface area contributed by atoms with E-state index in [-0.39, 0.29) is 20.1 Å². The first-order valence-corrected chi connectivity index (χ1v) is 14.7.